The minimum absolute atomic E-state index is 0.0297. The first-order valence-corrected chi connectivity index (χ1v) is 10.1. The van der Waals surface area contributed by atoms with Gasteiger partial charge in [-0.15, -0.1) is 0 Å². The maximum absolute atomic E-state index is 12.7. The molecule has 140 valence electrons. The van der Waals surface area contributed by atoms with E-state index in [4.69, 9.17) is 0 Å². The third kappa shape index (κ3) is 5.27. The molecule has 0 spiro atoms. The smallest absolute Gasteiger partial charge is 0.359 e. The average molecular weight is 497 g/mol. The third-order valence-electron chi connectivity index (χ3n) is 3.47. The van der Waals surface area contributed by atoms with E-state index < -0.39 is 20.7 Å². The summed E-state index contributed by atoms with van der Waals surface area (Å²) in [5.74, 6) is -1.27. The Morgan fingerprint density at radius 3 is 2.07 bits per heavy atom. The lowest BCUT2D eigenvalue weighted by Gasteiger charge is -2.15. The number of halogens is 1. The summed E-state index contributed by atoms with van der Waals surface area (Å²) in [4.78, 5) is 24.7. The minimum atomic E-state index is -4.07. The van der Waals surface area contributed by atoms with Crippen LogP contribution in [0.1, 0.15) is 6.92 Å². The van der Waals surface area contributed by atoms with E-state index >= 15 is 0 Å². The van der Waals surface area contributed by atoms with Gasteiger partial charge in [0.15, 0.2) is 27.9 Å². The lowest BCUT2D eigenvalue weighted by atomic mass is 10.3. The number of hydrogen-bond donors (Lipinski definition) is 0. The summed E-state index contributed by atoms with van der Waals surface area (Å²) < 4.78 is 30.0. The predicted octanol–water partition coefficient (Wildman–Crippen LogP) is 3.80. The van der Waals surface area contributed by atoms with Crippen LogP contribution in [0, 0.1) is 0 Å². The molecule has 0 heterocycles. The fraction of sp³-hybridized carbons (Fsp3) is 0.0526. The second kappa shape index (κ2) is 9.47. The molecule has 2 aromatic rings. The van der Waals surface area contributed by atoms with Crippen molar-refractivity contribution in [2.45, 2.75) is 11.8 Å². The normalized spacial score (nSPS) is 12.0. The summed E-state index contributed by atoms with van der Waals surface area (Å²) in [6.07, 6.45) is 3.82. The van der Waals surface area contributed by atoms with Gasteiger partial charge >= 0.3 is 5.97 Å². The molecule has 0 atom stereocenters. The predicted molar refractivity (Wildman–Crippen MR) is 111 cm³/mol. The molecule has 0 aliphatic rings. The molecule has 0 aliphatic heterocycles. The van der Waals surface area contributed by atoms with Crippen LogP contribution in [0.5, 0.6) is 0 Å². The third-order valence-corrected chi connectivity index (χ3v) is 5.65. The minimum Gasteiger partial charge on any atom is -0.390 e. The first-order valence-electron chi connectivity index (χ1n) is 7.74. The van der Waals surface area contributed by atoms with Gasteiger partial charge in [-0.25, -0.2) is 13.2 Å². The molecule has 2 aromatic carbocycles. The summed E-state index contributed by atoms with van der Waals surface area (Å²) in [5, 5.41) is 0. The van der Waals surface area contributed by atoms with Crippen LogP contribution in [-0.4, -0.2) is 20.3 Å². The molecule has 0 bridgehead atoms. The highest BCUT2D eigenvalue weighted by Crippen LogP contribution is 2.21. The van der Waals surface area contributed by atoms with Crippen molar-refractivity contribution in [3.63, 3.8) is 0 Å². The molecule has 27 heavy (non-hydrogen) atoms. The van der Waals surface area contributed by atoms with Gasteiger partial charge in [-0.2, -0.15) is 0 Å². The molecule has 1 amide bonds. The number of benzene rings is 2. The fourth-order valence-electron chi connectivity index (χ4n) is 2.21. The van der Waals surface area contributed by atoms with Gasteiger partial charge in [0.1, 0.15) is 0 Å². The van der Waals surface area contributed by atoms with Gasteiger partial charge in [-0.3, -0.25) is 9.69 Å². The molecule has 8 heteroatoms. The van der Waals surface area contributed by atoms with Crippen molar-refractivity contribution in [2.75, 3.05) is 4.90 Å². The number of carbonyl (C=O) groups is 2. The van der Waals surface area contributed by atoms with Crippen LogP contribution in [0.25, 0.3) is 0 Å². The van der Waals surface area contributed by atoms with Gasteiger partial charge in [0.25, 0.3) is 0 Å². The first kappa shape index (κ1) is 20.8. The van der Waals surface area contributed by atoms with Crippen molar-refractivity contribution in [3.8, 4) is 0 Å². The summed E-state index contributed by atoms with van der Waals surface area (Å²) in [6, 6.07) is 16.4. The molecule has 0 saturated carbocycles. The van der Waals surface area contributed by atoms with E-state index in [9.17, 15) is 18.0 Å². The maximum Gasteiger partial charge on any atom is 0.359 e. The quantitative estimate of drug-likeness (QED) is 0.345. The number of amides is 1. The maximum atomic E-state index is 12.7. The highest BCUT2D eigenvalue weighted by atomic mass is 127. The topological polar surface area (TPSA) is 80.8 Å². The lowest BCUT2D eigenvalue weighted by Crippen LogP contribution is -2.21. The van der Waals surface area contributed by atoms with Gasteiger partial charge < -0.3 is 3.07 Å². The van der Waals surface area contributed by atoms with Crippen molar-refractivity contribution >= 4 is 50.4 Å². The van der Waals surface area contributed by atoms with Crippen molar-refractivity contribution < 1.29 is 21.1 Å². The molecule has 2 rings (SSSR count). The van der Waals surface area contributed by atoms with E-state index in [2.05, 4.69) is 3.07 Å². The molecule has 0 fully saturated rings. The summed E-state index contributed by atoms with van der Waals surface area (Å²) in [7, 11) is -4.07. The van der Waals surface area contributed by atoms with Crippen LogP contribution in [-0.2, 0) is 22.5 Å². The molecular weight excluding hydrogens is 481 g/mol. The lowest BCUT2D eigenvalue weighted by molar-refractivity contribution is -0.126. The van der Waals surface area contributed by atoms with E-state index in [1.54, 1.807) is 42.5 Å². The summed E-state index contributed by atoms with van der Waals surface area (Å²) >= 11 is 1.33. The van der Waals surface area contributed by atoms with Crippen LogP contribution in [0.3, 0.4) is 0 Å². The number of anilines is 1. The van der Waals surface area contributed by atoms with E-state index in [1.807, 2.05) is 6.07 Å². The van der Waals surface area contributed by atoms with Gasteiger partial charge in [-0.05, 0) is 36.4 Å². The number of hydrogen-bond acceptors (Lipinski definition) is 5. The molecular formula is C19H16INO5S. The van der Waals surface area contributed by atoms with Crippen LogP contribution in [0.2, 0.25) is 0 Å². The largest absolute Gasteiger partial charge is 0.390 e. The standard InChI is InChI=1S/C19H16INO5S/c1-15(22)21(16-9-4-2-5-10-16)14-8-13-18(19(23)26-20)27(24,25)17-11-6-3-7-12-17/h2-14H,1H3/b14-8+,18-13-. The van der Waals surface area contributed by atoms with E-state index in [0.29, 0.717) is 5.69 Å². The Morgan fingerprint density at radius 1 is 1.00 bits per heavy atom. The molecule has 0 saturated heterocycles. The molecule has 0 aliphatic carbocycles. The Bertz CT molecular complexity index is 970. The second-order valence-corrected chi connectivity index (χ2v) is 7.64. The number of carbonyl (C=O) groups excluding carboxylic acids is 2. The first-order chi connectivity index (χ1) is 12.9. The number of allylic oxidation sites excluding steroid dienone is 2. The Hall–Kier alpha value is -2.46. The van der Waals surface area contributed by atoms with Crippen molar-refractivity contribution in [3.05, 3.63) is 83.9 Å². The van der Waals surface area contributed by atoms with Gasteiger partial charge in [0.2, 0.25) is 15.7 Å². The summed E-state index contributed by atoms with van der Waals surface area (Å²) in [6.45, 7) is 1.38. The Kier molecular flexibility index (Phi) is 7.31. The number of para-hydroxylation sites is 1. The Balaban J connectivity index is 2.42. The molecule has 0 radical (unpaired) electrons. The second-order valence-electron chi connectivity index (χ2n) is 5.28. The zero-order valence-electron chi connectivity index (χ0n) is 14.3. The van der Waals surface area contributed by atoms with Gasteiger partial charge in [-0.1, -0.05) is 36.4 Å². The molecule has 0 unspecified atom stereocenters. The van der Waals surface area contributed by atoms with Crippen LogP contribution >= 0.6 is 23.0 Å². The molecule has 0 N–H and O–H groups in total. The van der Waals surface area contributed by atoms with Crippen LogP contribution < -0.4 is 4.90 Å². The average Bonchev–Trinajstić information content (AvgIpc) is 2.68. The number of sulfone groups is 1. The highest BCUT2D eigenvalue weighted by Gasteiger charge is 2.27. The van der Waals surface area contributed by atoms with E-state index in [-0.39, 0.29) is 10.8 Å². The Labute approximate surface area is 171 Å². The fourth-order valence-corrected chi connectivity index (χ4v) is 3.88. The van der Waals surface area contributed by atoms with Gasteiger partial charge in [0, 0.05) is 18.8 Å². The van der Waals surface area contributed by atoms with Crippen molar-refractivity contribution in [1.29, 1.82) is 0 Å². The van der Waals surface area contributed by atoms with Crippen LogP contribution in [0.4, 0.5) is 5.69 Å². The van der Waals surface area contributed by atoms with Crippen molar-refractivity contribution in [2.24, 2.45) is 0 Å². The number of rotatable bonds is 6. The summed E-state index contributed by atoms with van der Waals surface area (Å²) in [5.41, 5.74) is 0.610. The molecule has 0 aromatic heterocycles. The highest BCUT2D eigenvalue weighted by molar-refractivity contribution is 14.1. The Morgan fingerprint density at radius 2 is 1.56 bits per heavy atom. The van der Waals surface area contributed by atoms with Gasteiger partial charge in [0.05, 0.1) is 4.90 Å². The zero-order valence-corrected chi connectivity index (χ0v) is 17.3. The van der Waals surface area contributed by atoms with E-state index in [0.717, 1.165) is 6.08 Å². The molecule has 6 nitrogen and oxygen atoms in total. The SMILES string of the molecule is CC(=O)N(/C=C/C=C(/C(=O)OI)S(=O)(=O)c1ccccc1)c1ccccc1. The van der Waals surface area contributed by atoms with Crippen LogP contribution in [0.15, 0.2) is 88.8 Å². The van der Waals surface area contributed by atoms with Crippen molar-refractivity contribution in [1.82, 2.24) is 0 Å². The monoisotopic (exact) mass is 497 g/mol. The zero-order chi connectivity index (χ0) is 19.9. The number of nitrogens with zero attached hydrogens (tertiary/aromatic N) is 1. The van der Waals surface area contributed by atoms with E-state index in [1.165, 1.54) is 59.2 Å².